The maximum absolute atomic E-state index is 11.5. The van der Waals surface area contributed by atoms with Gasteiger partial charge in [0.15, 0.2) is 5.96 Å². The van der Waals surface area contributed by atoms with Gasteiger partial charge in [0.1, 0.15) is 5.76 Å². The van der Waals surface area contributed by atoms with Crippen LogP contribution >= 0.6 is 24.0 Å². The summed E-state index contributed by atoms with van der Waals surface area (Å²) in [6, 6.07) is 4.22. The van der Waals surface area contributed by atoms with Crippen molar-refractivity contribution in [2.24, 2.45) is 4.99 Å². The molecular formula is C22H39IN6O2. The highest BCUT2D eigenvalue weighted by atomic mass is 127. The minimum Gasteiger partial charge on any atom is -0.468 e. The fourth-order valence-corrected chi connectivity index (χ4v) is 4.23. The molecule has 3 rings (SSSR count). The maximum atomic E-state index is 11.5. The van der Waals surface area contributed by atoms with E-state index in [9.17, 15) is 4.79 Å². The molecule has 9 heteroatoms. The molecule has 2 fully saturated rings. The summed E-state index contributed by atoms with van der Waals surface area (Å²) < 4.78 is 5.74. The van der Waals surface area contributed by atoms with Crippen molar-refractivity contribution in [1.82, 2.24) is 25.3 Å². The summed E-state index contributed by atoms with van der Waals surface area (Å²) in [4.78, 5) is 23.2. The summed E-state index contributed by atoms with van der Waals surface area (Å²) >= 11 is 0. The average molecular weight is 546 g/mol. The molecule has 0 aliphatic carbocycles. The Morgan fingerprint density at radius 1 is 1.13 bits per heavy atom. The second-order valence-corrected chi connectivity index (χ2v) is 8.12. The van der Waals surface area contributed by atoms with Gasteiger partial charge in [0.05, 0.1) is 18.8 Å². The predicted octanol–water partition coefficient (Wildman–Crippen LogP) is 2.14. The van der Waals surface area contributed by atoms with Gasteiger partial charge >= 0.3 is 0 Å². The number of likely N-dealkylation sites (tertiary alicyclic amines) is 1. The lowest BCUT2D eigenvalue weighted by Gasteiger charge is -2.34. The Balaban J connectivity index is 0.00000341. The third-order valence-corrected chi connectivity index (χ3v) is 6.01. The van der Waals surface area contributed by atoms with E-state index in [1.54, 1.807) is 13.2 Å². The highest BCUT2D eigenvalue weighted by Crippen LogP contribution is 2.25. The van der Waals surface area contributed by atoms with Gasteiger partial charge < -0.3 is 20.0 Å². The molecule has 0 saturated carbocycles. The lowest BCUT2D eigenvalue weighted by Crippen LogP contribution is -2.50. The molecule has 2 saturated heterocycles. The first-order valence-corrected chi connectivity index (χ1v) is 11.4. The molecule has 1 amide bonds. The van der Waals surface area contributed by atoms with Crippen LogP contribution < -0.4 is 10.6 Å². The molecule has 2 N–H and O–H groups in total. The van der Waals surface area contributed by atoms with Crippen LogP contribution in [0.5, 0.6) is 0 Å². The number of hydrogen-bond donors (Lipinski definition) is 2. The summed E-state index contributed by atoms with van der Waals surface area (Å²) in [5.74, 6) is 2.03. The minimum absolute atomic E-state index is 0. The van der Waals surface area contributed by atoms with Crippen molar-refractivity contribution in [3.63, 3.8) is 0 Å². The van der Waals surface area contributed by atoms with Gasteiger partial charge in [-0.25, -0.2) is 0 Å². The third kappa shape index (κ3) is 8.27. The highest BCUT2D eigenvalue weighted by molar-refractivity contribution is 14.0. The normalized spacial score (nSPS) is 19.5. The number of amides is 1. The summed E-state index contributed by atoms with van der Waals surface area (Å²) in [6.45, 7) is 12.8. The van der Waals surface area contributed by atoms with Crippen molar-refractivity contribution in [1.29, 1.82) is 0 Å². The first-order chi connectivity index (χ1) is 14.7. The topological polar surface area (TPSA) is 76.4 Å². The van der Waals surface area contributed by atoms with Crippen LogP contribution in [0.15, 0.2) is 27.8 Å². The number of hydrogen-bond acceptors (Lipinski definition) is 5. The van der Waals surface area contributed by atoms with E-state index < -0.39 is 0 Å². The van der Waals surface area contributed by atoms with Crippen LogP contribution in [0.1, 0.15) is 44.9 Å². The van der Waals surface area contributed by atoms with Gasteiger partial charge in [-0.1, -0.05) is 6.42 Å². The van der Waals surface area contributed by atoms with Gasteiger partial charge in [0.25, 0.3) is 0 Å². The molecule has 3 heterocycles. The minimum atomic E-state index is 0. The molecule has 2 aliphatic rings. The van der Waals surface area contributed by atoms with Gasteiger partial charge in [-0.05, 0) is 45.0 Å². The maximum Gasteiger partial charge on any atom is 0.219 e. The lowest BCUT2D eigenvalue weighted by atomic mass is 10.1. The summed E-state index contributed by atoms with van der Waals surface area (Å²) in [5.41, 5.74) is 0. The van der Waals surface area contributed by atoms with Gasteiger partial charge in [-0.2, -0.15) is 0 Å². The van der Waals surface area contributed by atoms with Crippen LogP contribution in [0, 0.1) is 0 Å². The number of carbonyl (C=O) groups is 1. The van der Waals surface area contributed by atoms with E-state index in [2.05, 4.69) is 33.4 Å². The van der Waals surface area contributed by atoms with E-state index in [4.69, 9.17) is 9.41 Å². The number of piperidine rings is 1. The quantitative estimate of drug-likeness (QED) is 0.296. The number of aliphatic imine (C=N–C) groups is 1. The SMILES string of the molecule is CCNC(=NCC(c1ccco1)N1CCCCC1)NCCN1CCN(C(C)=O)CC1.I. The first kappa shape index (κ1) is 25.9. The molecular weight excluding hydrogens is 507 g/mol. The van der Waals surface area contributed by atoms with E-state index in [0.717, 1.165) is 70.6 Å². The van der Waals surface area contributed by atoms with Gasteiger partial charge in [-0.15, -0.1) is 24.0 Å². The zero-order valence-electron chi connectivity index (χ0n) is 19.0. The van der Waals surface area contributed by atoms with Crippen molar-refractivity contribution in [2.45, 2.75) is 39.2 Å². The van der Waals surface area contributed by atoms with Crippen molar-refractivity contribution in [3.05, 3.63) is 24.2 Å². The summed E-state index contributed by atoms with van der Waals surface area (Å²) in [6.07, 6.45) is 5.56. The summed E-state index contributed by atoms with van der Waals surface area (Å²) in [5, 5.41) is 6.84. The zero-order chi connectivity index (χ0) is 21.2. The largest absolute Gasteiger partial charge is 0.468 e. The molecule has 176 valence electrons. The summed E-state index contributed by atoms with van der Waals surface area (Å²) in [7, 11) is 0. The molecule has 2 aliphatic heterocycles. The van der Waals surface area contributed by atoms with Gasteiger partial charge in [-0.3, -0.25) is 19.6 Å². The van der Waals surface area contributed by atoms with E-state index in [1.165, 1.54) is 19.3 Å². The van der Waals surface area contributed by atoms with Gasteiger partial charge in [0, 0.05) is 52.7 Å². The second kappa shape index (κ2) is 13.9. The number of piperazine rings is 1. The number of nitrogens with zero attached hydrogens (tertiary/aromatic N) is 4. The fourth-order valence-electron chi connectivity index (χ4n) is 4.23. The van der Waals surface area contributed by atoms with Crippen LogP contribution in [0.25, 0.3) is 0 Å². The lowest BCUT2D eigenvalue weighted by molar-refractivity contribution is -0.130. The molecule has 1 unspecified atom stereocenters. The Kier molecular flexibility index (Phi) is 11.7. The van der Waals surface area contributed by atoms with E-state index in [1.807, 2.05) is 11.0 Å². The van der Waals surface area contributed by atoms with Crippen LogP contribution in [0.2, 0.25) is 0 Å². The van der Waals surface area contributed by atoms with Crippen LogP contribution in [-0.4, -0.2) is 92.0 Å². The Morgan fingerprint density at radius 2 is 1.87 bits per heavy atom. The standard InChI is InChI=1S/C22H38N6O2.HI/c1-3-23-22(24-9-12-26-13-15-27(16-14-26)19(2)29)25-18-20(21-8-7-17-30-21)28-10-5-4-6-11-28;/h7-8,17,20H,3-6,9-16,18H2,1-2H3,(H2,23,24,25);1H. The van der Waals surface area contributed by atoms with Crippen LogP contribution in [0.3, 0.4) is 0 Å². The molecule has 0 spiro atoms. The Bertz CT molecular complexity index is 655. The molecule has 0 radical (unpaired) electrons. The Hall–Kier alpha value is -1.33. The number of rotatable bonds is 8. The van der Waals surface area contributed by atoms with E-state index in [0.29, 0.717) is 6.54 Å². The van der Waals surface area contributed by atoms with Crippen molar-refractivity contribution in [3.8, 4) is 0 Å². The van der Waals surface area contributed by atoms with Crippen molar-refractivity contribution in [2.75, 3.05) is 65.4 Å². The molecule has 8 nitrogen and oxygen atoms in total. The Labute approximate surface area is 203 Å². The van der Waals surface area contributed by atoms with E-state index >= 15 is 0 Å². The molecule has 31 heavy (non-hydrogen) atoms. The number of nitrogens with one attached hydrogen (secondary N) is 2. The zero-order valence-corrected chi connectivity index (χ0v) is 21.3. The molecule has 0 aromatic carbocycles. The van der Waals surface area contributed by atoms with E-state index in [-0.39, 0.29) is 35.9 Å². The first-order valence-electron chi connectivity index (χ1n) is 11.4. The van der Waals surface area contributed by atoms with Crippen LogP contribution in [-0.2, 0) is 4.79 Å². The highest BCUT2D eigenvalue weighted by Gasteiger charge is 2.24. The number of carbonyl (C=O) groups excluding carboxylic acids is 1. The third-order valence-electron chi connectivity index (χ3n) is 6.01. The monoisotopic (exact) mass is 546 g/mol. The Morgan fingerprint density at radius 3 is 2.48 bits per heavy atom. The average Bonchev–Trinajstić information content (AvgIpc) is 3.29. The molecule has 1 aromatic heterocycles. The van der Waals surface area contributed by atoms with Gasteiger partial charge in [0.2, 0.25) is 5.91 Å². The number of guanidine groups is 1. The van der Waals surface area contributed by atoms with Crippen LogP contribution in [0.4, 0.5) is 0 Å². The molecule has 1 atom stereocenters. The predicted molar refractivity (Wildman–Crippen MR) is 135 cm³/mol. The fraction of sp³-hybridized carbons (Fsp3) is 0.727. The second-order valence-electron chi connectivity index (χ2n) is 8.12. The molecule has 1 aromatic rings. The molecule has 0 bridgehead atoms. The number of furan rings is 1. The smallest absolute Gasteiger partial charge is 0.219 e. The number of halogens is 1. The van der Waals surface area contributed by atoms with Crippen molar-refractivity contribution >= 4 is 35.8 Å². The van der Waals surface area contributed by atoms with Crippen molar-refractivity contribution < 1.29 is 9.21 Å².